The van der Waals surface area contributed by atoms with Gasteiger partial charge in [-0.15, -0.1) is 11.8 Å². The lowest BCUT2D eigenvalue weighted by Crippen LogP contribution is -2.23. The van der Waals surface area contributed by atoms with E-state index in [4.69, 9.17) is 0 Å². The summed E-state index contributed by atoms with van der Waals surface area (Å²) in [6, 6.07) is 17.3. The number of anilines is 1. The van der Waals surface area contributed by atoms with Crippen molar-refractivity contribution in [3.8, 4) is 5.69 Å². The van der Waals surface area contributed by atoms with Gasteiger partial charge >= 0.3 is 0 Å². The van der Waals surface area contributed by atoms with Gasteiger partial charge in [-0.3, -0.25) is 14.3 Å². The molecule has 0 saturated heterocycles. The normalized spacial score (nSPS) is 10.8. The van der Waals surface area contributed by atoms with Gasteiger partial charge in [-0.1, -0.05) is 52.3 Å². The molecule has 1 heterocycles. The van der Waals surface area contributed by atoms with Crippen molar-refractivity contribution in [3.63, 3.8) is 0 Å². The van der Waals surface area contributed by atoms with Crippen LogP contribution in [0.4, 0.5) is 5.69 Å². The maximum atomic E-state index is 12.8. The number of hydrogen-bond acceptors (Lipinski definition) is 3. The average Bonchev–Trinajstić information content (AvgIpc) is 2.87. The Labute approximate surface area is 170 Å². The summed E-state index contributed by atoms with van der Waals surface area (Å²) < 4.78 is 4.34. The lowest BCUT2D eigenvalue weighted by Gasteiger charge is -2.07. The van der Waals surface area contributed by atoms with E-state index in [0.717, 1.165) is 21.5 Å². The third-order valence-corrected chi connectivity index (χ3v) is 6.02. The summed E-state index contributed by atoms with van der Waals surface area (Å²) in [7, 11) is 1.81. The van der Waals surface area contributed by atoms with Gasteiger partial charge in [-0.2, -0.15) is 0 Å². The average molecular weight is 446 g/mol. The zero-order chi connectivity index (χ0) is 19.4. The van der Waals surface area contributed by atoms with Crippen LogP contribution < -0.4 is 10.9 Å². The van der Waals surface area contributed by atoms with Gasteiger partial charge in [-0.25, -0.2) is 4.68 Å². The summed E-state index contributed by atoms with van der Waals surface area (Å²) in [5.74, 6) is 0.815. The number of aromatic nitrogens is 2. The Balaban J connectivity index is 1.70. The van der Waals surface area contributed by atoms with Crippen molar-refractivity contribution in [2.75, 3.05) is 11.1 Å². The molecule has 0 aliphatic rings. The smallest absolute Gasteiger partial charge is 0.295 e. The number of carbonyl (C=O) groups is 1. The molecule has 27 heavy (non-hydrogen) atoms. The lowest BCUT2D eigenvalue weighted by molar-refractivity contribution is -0.113. The molecule has 5 nitrogen and oxygen atoms in total. The third kappa shape index (κ3) is 4.36. The zero-order valence-electron chi connectivity index (χ0n) is 15.1. The first-order valence-corrected chi connectivity index (χ1v) is 10.4. The molecular weight excluding hydrogens is 426 g/mol. The highest BCUT2D eigenvalue weighted by atomic mass is 79.9. The number of rotatable bonds is 6. The van der Waals surface area contributed by atoms with Gasteiger partial charge in [0.05, 0.1) is 17.1 Å². The number of benzene rings is 2. The zero-order valence-corrected chi connectivity index (χ0v) is 17.5. The number of halogens is 1. The highest BCUT2D eigenvalue weighted by Gasteiger charge is 2.18. The minimum Gasteiger partial charge on any atom is -0.319 e. The van der Waals surface area contributed by atoms with Crippen molar-refractivity contribution in [2.24, 2.45) is 7.05 Å². The topological polar surface area (TPSA) is 56.0 Å². The fourth-order valence-electron chi connectivity index (χ4n) is 2.76. The maximum Gasteiger partial charge on any atom is 0.295 e. The Bertz CT molecular complexity index is 1010. The molecule has 0 bridgehead atoms. The van der Waals surface area contributed by atoms with Crippen LogP contribution in [0.25, 0.3) is 5.69 Å². The van der Waals surface area contributed by atoms with E-state index in [1.54, 1.807) is 16.4 Å². The van der Waals surface area contributed by atoms with Gasteiger partial charge in [0.2, 0.25) is 5.91 Å². The molecule has 0 aliphatic carbocycles. The SMILES string of the molecule is Cc1c(NC(=O)CSCc2ccccc2Br)c(=O)n(-c2ccccc2)n1C. The Morgan fingerprint density at radius 3 is 2.48 bits per heavy atom. The Kier molecular flexibility index (Phi) is 6.23. The predicted molar refractivity (Wildman–Crippen MR) is 115 cm³/mol. The maximum absolute atomic E-state index is 12.8. The Morgan fingerprint density at radius 2 is 1.78 bits per heavy atom. The first kappa shape index (κ1) is 19.5. The standard InChI is InChI=1S/C20H20BrN3O2S/c1-14-19(20(26)24(23(14)2)16-9-4-3-5-10-16)22-18(25)13-27-12-15-8-6-7-11-17(15)21/h3-11H,12-13H2,1-2H3,(H,22,25). The van der Waals surface area contributed by atoms with Gasteiger partial charge in [0, 0.05) is 17.3 Å². The van der Waals surface area contributed by atoms with Crippen LogP contribution in [0.15, 0.2) is 63.9 Å². The summed E-state index contributed by atoms with van der Waals surface area (Å²) in [6.45, 7) is 1.82. The van der Waals surface area contributed by atoms with E-state index in [2.05, 4.69) is 21.2 Å². The highest BCUT2D eigenvalue weighted by Crippen LogP contribution is 2.21. The number of carbonyl (C=O) groups excluding carboxylic acids is 1. The van der Waals surface area contributed by atoms with Crippen LogP contribution in [0.5, 0.6) is 0 Å². The molecule has 0 radical (unpaired) electrons. The number of amides is 1. The summed E-state index contributed by atoms with van der Waals surface area (Å²) >= 11 is 5.02. The predicted octanol–water partition coefficient (Wildman–Crippen LogP) is 4.12. The van der Waals surface area contributed by atoms with Crippen molar-refractivity contribution in [1.29, 1.82) is 0 Å². The Morgan fingerprint density at radius 1 is 1.11 bits per heavy atom. The second-order valence-corrected chi connectivity index (χ2v) is 7.91. The van der Waals surface area contributed by atoms with Gasteiger partial charge < -0.3 is 5.32 Å². The lowest BCUT2D eigenvalue weighted by atomic mass is 10.2. The molecule has 0 fully saturated rings. The van der Waals surface area contributed by atoms with Crippen LogP contribution in [-0.4, -0.2) is 21.0 Å². The van der Waals surface area contributed by atoms with Crippen LogP contribution in [-0.2, 0) is 17.6 Å². The van der Waals surface area contributed by atoms with Gasteiger partial charge in [0.1, 0.15) is 5.69 Å². The van der Waals surface area contributed by atoms with E-state index in [1.807, 2.05) is 61.5 Å². The minimum absolute atomic E-state index is 0.182. The molecule has 3 aromatic rings. The molecule has 0 saturated carbocycles. The summed E-state index contributed by atoms with van der Waals surface area (Å²) in [6.07, 6.45) is 0. The van der Waals surface area contributed by atoms with Crippen LogP contribution >= 0.6 is 27.7 Å². The van der Waals surface area contributed by atoms with Crippen LogP contribution in [0.1, 0.15) is 11.3 Å². The van der Waals surface area contributed by atoms with Crippen molar-refractivity contribution in [3.05, 3.63) is 80.7 Å². The molecule has 1 amide bonds. The van der Waals surface area contributed by atoms with Crippen LogP contribution in [0, 0.1) is 6.92 Å². The van der Waals surface area contributed by atoms with E-state index < -0.39 is 0 Å². The van der Waals surface area contributed by atoms with E-state index in [9.17, 15) is 9.59 Å². The summed E-state index contributed by atoms with van der Waals surface area (Å²) in [4.78, 5) is 25.1. The second-order valence-electron chi connectivity index (χ2n) is 6.07. The molecule has 1 N–H and O–H groups in total. The van der Waals surface area contributed by atoms with Crippen LogP contribution in [0.3, 0.4) is 0 Å². The van der Waals surface area contributed by atoms with Crippen molar-refractivity contribution >= 4 is 39.3 Å². The fourth-order valence-corrected chi connectivity index (χ4v) is 4.20. The van der Waals surface area contributed by atoms with Gasteiger partial charge in [0.25, 0.3) is 5.56 Å². The molecule has 0 atom stereocenters. The van der Waals surface area contributed by atoms with Crippen LogP contribution in [0.2, 0.25) is 0 Å². The van der Waals surface area contributed by atoms with Gasteiger partial charge in [0.15, 0.2) is 0 Å². The number of para-hydroxylation sites is 1. The van der Waals surface area contributed by atoms with E-state index >= 15 is 0 Å². The molecule has 1 aromatic heterocycles. The largest absolute Gasteiger partial charge is 0.319 e. The molecule has 7 heteroatoms. The van der Waals surface area contributed by atoms with E-state index in [-0.39, 0.29) is 17.2 Å². The van der Waals surface area contributed by atoms with Crippen molar-refractivity contribution in [2.45, 2.75) is 12.7 Å². The second kappa shape index (κ2) is 8.63. The highest BCUT2D eigenvalue weighted by molar-refractivity contribution is 9.10. The first-order chi connectivity index (χ1) is 13.0. The molecule has 3 rings (SSSR count). The fraction of sp³-hybridized carbons (Fsp3) is 0.200. The molecule has 0 spiro atoms. The first-order valence-electron chi connectivity index (χ1n) is 8.44. The molecule has 2 aromatic carbocycles. The van der Waals surface area contributed by atoms with Gasteiger partial charge in [-0.05, 0) is 30.7 Å². The minimum atomic E-state index is -0.231. The van der Waals surface area contributed by atoms with E-state index in [1.165, 1.54) is 11.8 Å². The summed E-state index contributed by atoms with van der Waals surface area (Å²) in [5, 5.41) is 2.78. The molecule has 0 aliphatic heterocycles. The number of nitrogens with zero attached hydrogens (tertiary/aromatic N) is 2. The van der Waals surface area contributed by atoms with Crippen molar-refractivity contribution < 1.29 is 4.79 Å². The molecule has 0 unspecified atom stereocenters. The quantitative estimate of drug-likeness (QED) is 0.620. The molecular formula is C20H20BrN3O2S. The Hall–Kier alpha value is -2.25. The third-order valence-electron chi connectivity index (χ3n) is 4.27. The monoisotopic (exact) mass is 445 g/mol. The number of hydrogen-bond donors (Lipinski definition) is 1. The van der Waals surface area contributed by atoms with E-state index in [0.29, 0.717) is 11.4 Å². The van der Waals surface area contributed by atoms with Crippen molar-refractivity contribution in [1.82, 2.24) is 9.36 Å². The summed E-state index contributed by atoms with van der Waals surface area (Å²) in [5.41, 5.74) is 2.71. The number of thioether (sulfide) groups is 1. The number of nitrogens with one attached hydrogen (secondary N) is 1. The molecule has 140 valence electrons.